The van der Waals surface area contributed by atoms with Gasteiger partial charge in [-0.1, -0.05) is 12.2 Å². The Morgan fingerprint density at radius 2 is 2.18 bits per heavy atom. The average molecular weight is 148 g/mol. The van der Waals surface area contributed by atoms with E-state index in [9.17, 15) is 0 Å². The van der Waals surface area contributed by atoms with Gasteiger partial charge in [-0.15, -0.1) is 0 Å². The predicted octanol–water partition coefficient (Wildman–Crippen LogP) is 1.63. The van der Waals surface area contributed by atoms with Crippen LogP contribution in [0.15, 0.2) is 40.7 Å². The number of hydrogen-bond acceptors (Lipinski definition) is 2. The van der Waals surface area contributed by atoms with Gasteiger partial charge in [0.25, 0.3) is 0 Å². The lowest BCUT2D eigenvalue weighted by atomic mass is 10.3. The summed E-state index contributed by atoms with van der Waals surface area (Å²) in [6, 6.07) is 0. The summed E-state index contributed by atoms with van der Waals surface area (Å²) in [4.78, 5) is 3.89. The van der Waals surface area contributed by atoms with Gasteiger partial charge in [-0.2, -0.15) is 0 Å². The van der Waals surface area contributed by atoms with E-state index in [1.807, 2.05) is 19.2 Å². The maximum Gasteiger partial charge on any atom is 0.0850 e. The average Bonchev–Trinajstić information content (AvgIpc) is 2.27. The second-order valence-electron chi connectivity index (χ2n) is 2.25. The van der Waals surface area contributed by atoms with E-state index < -0.39 is 0 Å². The molecule has 0 aromatic heterocycles. The Bertz CT molecular complexity index is 234. The molecule has 1 rings (SSSR count). The molecule has 0 spiro atoms. The first-order chi connectivity index (χ1) is 5.38. The molecule has 1 N–H and O–H groups in total. The molecule has 1 aliphatic carbocycles. The maximum absolute atomic E-state index is 3.89. The van der Waals surface area contributed by atoms with E-state index in [0.29, 0.717) is 0 Å². The van der Waals surface area contributed by atoms with Gasteiger partial charge < -0.3 is 5.32 Å². The number of nitrogens with one attached hydrogen (secondary N) is 1. The molecular weight excluding hydrogens is 136 g/mol. The van der Waals surface area contributed by atoms with E-state index in [2.05, 4.69) is 29.2 Å². The first-order valence-corrected chi connectivity index (χ1v) is 3.60. The molecule has 0 aromatic rings. The zero-order chi connectivity index (χ0) is 8.10. The number of rotatable bonds is 2. The Morgan fingerprint density at radius 1 is 1.45 bits per heavy atom. The Morgan fingerprint density at radius 3 is 2.82 bits per heavy atom. The fourth-order valence-electron chi connectivity index (χ4n) is 0.969. The summed E-state index contributed by atoms with van der Waals surface area (Å²) in [5.74, 6) is 0. The van der Waals surface area contributed by atoms with Crippen molar-refractivity contribution in [3.8, 4) is 0 Å². The van der Waals surface area contributed by atoms with Crippen molar-refractivity contribution in [3.63, 3.8) is 0 Å². The molecule has 0 bridgehead atoms. The highest BCUT2D eigenvalue weighted by Gasteiger charge is 1.97. The van der Waals surface area contributed by atoms with Crippen LogP contribution >= 0.6 is 0 Å². The Hall–Kier alpha value is -1.31. The van der Waals surface area contributed by atoms with Crippen LogP contribution in [0.3, 0.4) is 0 Å². The minimum absolute atomic E-state index is 0.904. The molecule has 0 amide bonds. The van der Waals surface area contributed by atoms with E-state index in [1.165, 1.54) is 0 Å². The van der Waals surface area contributed by atoms with Crippen LogP contribution in [0.2, 0.25) is 0 Å². The van der Waals surface area contributed by atoms with Gasteiger partial charge in [-0.3, -0.25) is 4.99 Å². The smallest absolute Gasteiger partial charge is 0.0850 e. The maximum atomic E-state index is 3.89. The highest BCUT2D eigenvalue weighted by atomic mass is 14.9. The molecule has 2 heteroatoms. The number of likely N-dealkylation sites (N-methyl/N-ethyl adjacent to an activating group) is 1. The van der Waals surface area contributed by atoms with E-state index in [1.54, 1.807) is 0 Å². The van der Waals surface area contributed by atoms with Crippen molar-refractivity contribution in [2.24, 2.45) is 4.99 Å². The number of nitrogens with zero attached hydrogens (tertiary/aromatic N) is 1. The first kappa shape index (κ1) is 7.79. The molecule has 0 aromatic carbocycles. The molecule has 1 aliphatic rings. The largest absolute Gasteiger partial charge is 0.386 e. The molecule has 0 atom stereocenters. The summed E-state index contributed by atoms with van der Waals surface area (Å²) in [6.45, 7) is 3.49. The van der Waals surface area contributed by atoms with Gasteiger partial charge in [0.15, 0.2) is 0 Å². The highest BCUT2D eigenvalue weighted by Crippen LogP contribution is 2.10. The zero-order valence-electron chi connectivity index (χ0n) is 6.67. The number of hydrogen-bond donors (Lipinski definition) is 1. The summed E-state index contributed by atoms with van der Waals surface area (Å²) < 4.78 is 0. The van der Waals surface area contributed by atoms with E-state index in [0.717, 1.165) is 17.8 Å². The van der Waals surface area contributed by atoms with Gasteiger partial charge in [0, 0.05) is 7.05 Å². The Balaban J connectivity index is 2.99. The summed E-state index contributed by atoms with van der Waals surface area (Å²) in [5, 5.41) is 3.05. The molecule has 0 aliphatic heterocycles. The number of allylic oxidation sites excluding steroid dienone is 4. The first-order valence-electron chi connectivity index (χ1n) is 3.60. The SMILES string of the molecule is C=NC1=C(NC)C=CCC=C1. The van der Waals surface area contributed by atoms with Crippen LogP contribution in [0.5, 0.6) is 0 Å². The molecule has 0 saturated carbocycles. The molecule has 0 heterocycles. The van der Waals surface area contributed by atoms with E-state index in [4.69, 9.17) is 0 Å². The van der Waals surface area contributed by atoms with Crippen molar-refractivity contribution in [1.82, 2.24) is 5.32 Å². The molecule has 11 heavy (non-hydrogen) atoms. The lowest BCUT2D eigenvalue weighted by Crippen LogP contribution is -2.04. The molecule has 2 nitrogen and oxygen atoms in total. The predicted molar refractivity (Wildman–Crippen MR) is 48.5 cm³/mol. The summed E-state index contributed by atoms with van der Waals surface area (Å²) >= 11 is 0. The van der Waals surface area contributed by atoms with Gasteiger partial charge in [-0.05, 0) is 25.3 Å². The van der Waals surface area contributed by atoms with Crippen molar-refractivity contribution >= 4 is 6.72 Å². The van der Waals surface area contributed by atoms with Crippen molar-refractivity contribution in [2.45, 2.75) is 6.42 Å². The van der Waals surface area contributed by atoms with Gasteiger partial charge in [-0.25, -0.2) is 0 Å². The van der Waals surface area contributed by atoms with E-state index in [-0.39, 0.29) is 0 Å². The van der Waals surface area contributed by atoms with E-state index >= 15 is 0 Å². The quantitative estimate of drug-likeness (QED) is 0.591. The van der Waals surface area contributed by atoms with Crippen LogP contribution in [-0.4, -0.2) is 13.8 Å². The number of aliphatic imine (C=N–C) groups is 1. The van der Waals surface area contributed by atoms with Crippen LogP contribution in [0.4, 0.5) is 0 Å². The van der Waals surface area contributed by atoms with Gasteiger partial charge >= 0.3 is 0 Å². The topological polar surface area (TPSA) is 24.4 Å². The lowest BCUT2D eigenvalue weighted by Gasteiger charge is -2.01. The summed E-state index contributed by atoms with van der Waals surface area (Å²) in [6.07, 6.45) is 9.10. The Labute approximate surface area is 67.0 Å². The normalized spacial score (nSPS) is 16.5. The summed E-state index contributed by atoms with van der Waals surface area (Å²) in [5.41, 5.74) is 1.93. The molecule has 0 fully saturated rings. The van der Waals surface area contributed by atoms with Crippen molar-refractivity contribution in [3.05, 3.63) is 35.7 Å². The van der Waals surface area contributed by atoms with Crippen molar-refractivity contribution in [2.75, 3.05) is 7.05 Å². The lowest BCUT2D eigenvalue weighted by molar-refractivity contribution is 1.01. The molecule has 0 unspecified atom stereocenters. The fourth-order valence-corrected chi connectivity index (χ4v) is 0.969. The minimum atomic E-state index is 0.904. The van der Waals surface area contributed by atoms with Crippen LogP contribution in [0, 0.1) is 0 Å². The van der Waals surface area contributed by atoms with Crippen molar-refractivity contribution in [1.29, 1.82) is 0 Å². The van der Waals surface area contributed by atoms with Crippen LogP contribution < -0.4 is 5.32 Å². The van der Waals surface area contributed by atoms with Crippen LogP contribution in [0.25, 0.3) is 0 Å². The van der Waals surface area contributed by atoms with Gasteiger partial charge in [0.1, 0.15) is 0 Å². The molecule has 0 saturated heterocycles. The molecule has 58 valence electrons. The van der Waals surface area contributed by atoms with Gasteiger partial charge in [0.05, 0.1) is 11.4 Å². The standard InChI is InChI=1S/C9H12N2/c1-10-8-6-4-3-5-7-9(8)11-2/h4-7,11H,1,3H2,2H3. The van der Waals surface area contributed by atoms with Gasteiger partial charge in [0.2, 0.25) is 0 Å². The third-order valence-corrected chi connectivity index (χ3v) is 1.55. The second kappa shape index (κ2) is 3.76. The monoisotopic (exact) mass is 148 g/mol. The summed E-state index contributed by atoms with van der Waals surface area (Å²) in [7, 11) is 1.88. The van der Waals surface area contributed by atoms with Crippen LogP contribution in [-0.2, 0) is 0 Å². The fraction of sp³-hybridized carbons (Fsp3) is 0.222. The van der Waals surface area contributed by atoms with Crippen LogP contribution in [0.1, 0.15) is 6.42 Å². The zero-order valence-corrected chi connectivity index (χ0v) is 6.67. The molecular formula is C9H12N2. The third kappa shape index (κ3) is 1.80. The second-order valence-corrected chi connectivity index (χ2v) is 2.25. The minimum Gasteiger partial charge on any atom is -0.386 e. The van der Waals surface area contributed by atoms with Crippen molar-refractivity contribution < 1.29 is 0 Å². The third-order valence-electron chi connectivity index (χ3n) is 1.55. The Kier molecular flexibility index (Phi) is 2.66. The molecule has 0 radical (unpaired) electrons. The highest BCUT2D eigenvalue weighted by molar-refractivity contribution is 5.40.